The molecule has 0 aromatic carbocycles. The largest absolute Gasteiger partial charge is 0.449 e. The number of hydrogen-bond acceptors (Lipinski definition) is 5. The fourth-order valence-corrected chi connectivity index (χ4v) is 2.00. The maximum atomic E-state index is 11.7. The Morgan fingerprint density at radius 1 is 1.40 bits per heavy atom. The summed E-state index contributed by atoms with van der Waals surface area (Å²) in [4.78, 5) is 34.8. The van der Waals surface area contributed by atoms with Gasteiger partial charge in [-0.1, -0.05) is 19.9 Å². The maximum Gasteiger partial charge on any atom is 0.331 e. The Kier molecular flexibility index (Phi) is 5.92. The van der Waals surface area contributed by atoms with Gasteiger partial charge in [0.15, 0.2) is 6.10 Å². The standard InChI is InChI=1S/C13H16N2O4S/c1-8(2)11(12(17)15-13(14)18)19-10(16)6-5-9-4-3-7-20-9/h3-8,11H,1-2H3,(H3,14,15,17,18)/b6-5+/t11-/m0/s1. The molecule has 1 aromatic rings. The molecule has 108 valence electrons. The van der Waals surface area contributed by atoms with Crippen LogP contribution in [0.2, 0.25) is 0 Å². The lowest BCUT2D eigenvalue weighted by molar-refractivity contribution is -0.153. The summed E-state index contributed by atoms with van der Waals surface area (Å²) in [5.74, 6) is -1.67. The number of ether oxygens (including phenoxy) is 1. The number of carbonyl (C=O) groups excluding carboxylic acids is 3. The van der Waals surface area contributed by atoms with Crippen LogP contribution in [0.15, 0.2) is 23.6 Å². The molecule has 1 aromatic heterocycles. The van der Waals surface area contributed by atoms with Gasteiger partial charge in [-0.15, -0.1) is 11.3 Å². The zero-order valence-corrected chi connectivity index (χ0v) is 12.0. The quantitative estimate of drug-likeness (QED) is 0.635. The van der Waals surface area contributed by atoms with E-state index in [2.05, 4.69) is 0 Å². The molecule has 1 atom stereocenters. The number of nitrogens with one attached hydrogen (secondary N) is 1. The molecule has 0 unspecified atom stereocenters. The van der Waals surface area contributed by atoms with Crippen molar-refractivity contribution in [1.29, 1.82) is 0 Å². The number of thiophene rings is 1. The summed E-state index contributed by atoms with van der Waals surface area (Å²) in [7, 11) is 0. The van der Waals surface area contributed by atoms with Crippen LogP contribution in [0, 0.1) is 5.92 Å². The number of hydrogen-bond donors (Lipinski definition) is 2. The number of carbonyl (C=O) groups is 3. The molecule has 1 rings (SSSR count). The van der Waals surface area contributed by atoms with E-state index in [-0.39, 0.29) is 5.92 Å². The Bertz CT molecular complexity index is 508. The topological polar surface area (TPSA) is 98.5 Å². The summed E-state index contributed by atoms with van der Waals surface area (Å²) in [5, 5.41) is 3.78. The number of rotatable bonds is 5. The summed E-state index contributed by atoms with van der Waals surface area (Å²) < 4.78 is 5.03. The number of imide groups is 1. The molecule has 0 bridgehead atoms. The molecule has 1 heterocycles. The van der Waals surface area contributed by atoms with Gasteiger partial charge in [-0.25, -0.2) is 9.59 Å². The Hall–Kier alpha value is -2.15. The summed E-state index contributed by atoms with van der Waals surface area (Å²) in [6.45, 7) is 3.39. The lowest BCUT2D eigenvalue weighted by Crippen LogP contribution is -2.45. The van der Waals surface area contributed by atoms with Crippen molar-refractivity contribution in [2.45, 2.75) is 20.0 Å². The average Bonchev–Trinajstić information content (AvgIpc) is 2.85. The molecule has 0 aliphatic heterocycles. The predicted molar refractivity (Wildman–Crippen MR) is 75.8 cm³/mol. The zero-order chi connectivity index (χ0) is 15.1. The first-order chi connectivity index (χ1) is 9.40. The second kappa shape index (κ2) is 7.44. The molecule has 0 spiro atoms. The Morgan fingerprint density at radius 2 is 2.10 bits per heavy atom. The Labute approximate surface area is 120 Å². The minimum atomic E-state index is -1.07. The number of esters is 1. The molecule has 0 aliphatic carbocycles. The van der Waals surface area contributed by atoms with Crippen LogP contribution in [0.5, 0.6) is 0 Å². The van der Waals surface area contributed by atoms with Gasteiger partial charge in [0.2, 0.25) is 0 Å². The monoisotopic (exact) mass is 296 g/mol. The molecule has 0 fully saturated rings. The fraction of sp³-hybridized carbons (Fsp3) is 0.308. The second-order valence-corrected chi connectivity index (χ2v) is 5.28. The highest BCUT2D eigenvalue weighted by molar-refractivity contribution is 7.10. The second-order valence-electron chi connectivity index (χ2n) is 4.30. The van der Waals surface area contributed by atoms with Gasteiger partial charge in [0.25, 0.3) is 5.91 Å². The van der Waals surface area contributed by atoms with Crippen LogP contribution in [0.4, 0.5) is 4.79 Å². The van der Waals surface area contributed by atoms with Crippen molar-refractivity contribution in [3.05, 3.63) is 28.5 Å². The molecule has 3 N–H and O–H groups in total. The summed E-state index contributed by atoms with van der Waals surface area (Å²) in [5.41, 5.74) is 4.86. The summed E-state index contributed by atoms with van der Waals surface area (Å²) in [6, 6.07) is 2.71. The molecule has 0 saturated carbocycles. The minimum Gasteiger partial charge on any atom is -0.449 e. The van der Waals surface area contributed by atoms with Crippen LogP contribution in [-0.4, -0.2) is 24.0 Å². The third-order valence-corrected chi connectivity index (χ3v) is 3.12. The minimum absolute atomic E-state index is 0.284. The van der Waals surface area contributed by atoms with Gasteiger partial charge in [-0.3, -0.25) is 10.1 Å². The average molecular weight is 296 g/mol. The molecular weight excluding hydrogens is 280 g/mol. The first kappa shape index (κ1) is 15.9. The number of amides is 3. The highest BCUT2D eigenvalue weighted by atomic mass is 32.1. The van der Waals surface area contributed by atoms with Gasteiger partial charge >= 0.3 is 12.0 Å². The van der Waals surface area contributed by atoms with Crippen LogP contribution in [0.3, 0.4) is 0 Å². The first-order valence-electron chi connectivity index (χ1n) is 5.92. The third-order valence-electron chi connectivity index (χ3n) is 2.28. The first-order valence-corrected chi connectivity index (χ1v) is 6.80. The van der Waals surface area contributed by atoms with Crippen LogP contribution < -0.4 is 11.1 Å². The Balaban J connectivity index is 2.63. The summed E-state index contributed by atoms with van der Waals surface area (Å²) >= 11 is 1.47. The molecular formula is C13H16N2O4S. The van der Waals surface area contributed by atoms with Crippen molar-refractivity contribution >= 4 is 35.3 Å². The number of nitrogens with two attached hydrogens (primary N) is 1. The van der Waals surface area contributed by atoms with Crippen molar-refractivity contribution in [3.8, 4) is 0 Å². The number of primary amides is 1. The van der Waals surface area contributed by atoms with Crippen molar-refractivity contribution in [2.75, 3.05) is 0 Å². The lowest BCUT2D eigenvalue weighted by Gasteiger charge is -2.18. The zero-order valence-electron chi connectivity index (χ0n) is 11.2. The van der Waals surface area contributed by atoms with E-state index in [1.807, 2.05) is 22.8 Å². The van der Waals surface area contributed by atoms with E-state index in [0.717, 1.165) is 4.88 Å². The van der Waals surface area contributed by atoms with E-state index in [0.29, 0.717) is 0 Å². The predicted octanol–water partition coefficient (Wildman–Crippen LogP) is 1.52. The van der Waals surface area contributed by atoms with Gasteiger partial charge in [-0.05, 0) is 23.4 Å². The molecule has 0 aliphatic rings. The molecule has 7 heteroatoms. The van der Waals surface area contributed by atoms with Gasteiger partial charge in [0, 0.05) is 11.0 Å². The van der Waals surface area contributed by atoms with E-state index in [4.69, 9.17) is 10.5 Å². The normalized spacial score (nSPS) is 12.3. The molecule has 0 radical (unpaired) electrons. The summed E-state index contributed by atoms with van der Waals surface area (Å²) in [6.07, 6.45) is 1.76. The SMILES string of the molecule is CC(C)[C@H](OC(=O)/C=C/c1cccs1)C(=O)NC(N)=O. The highest BCUT2D eigenvalue weighted by Crippen LogP contribution is 2.12. The smallest absolute Gasteiger partial charge is 0.331 e. The van der Waals surface area contributed by atoms with E-state index < -0.39 is 24.0 Å². The molecule has 0 saturated heterocycles. The van der Waals surface area contributed by atoms with Crippen LogP contribution >= 0.6 is 11.3 Å². The Morgan fingerprint density at radius 3 is 2.60 bits per heavy atom. The van der Waals surface area contributed by atoms with Gasteiger partial charge < -0.3 is 10.5 Å². The van der Waals surface area contributed by atoms with Gasteiger partial charge in [-0.2, -0.15) is 0 Å². The third kappa shape index (κ3) is 5.23. The van der Waals surface area contributed by atoms with Crippen molar-refractivity contribution in [2.24, 2.45) is 11.7 Å². The van der Waals surface area contributed by atoms with Crippen LogP contribution in [0.1, 0.15) is 18.7 Å². The van der Waals surface area contributed by atoms with Crippen LogP contribution in [0.25, 0.3) is 6.08 Å². The fourth-order valence-electron chi connectivity index (χ4n) is 1.39. The van der Waals surface area contributed by atoms with E-state index in [1.54, 1.807) is 19.9 Å². The van der Waals surface area contributed by atoms with Gasteiger partial charge in [0.05, 0.1) is 0 Å². The van der Waals surface area contributed by atoms with E-state index in [9.17, 15) is 14.4 Å². The van der Waals surface area contributed by atoms with E-state index in [1.165, 1.54) is 17.4 Å². The van der Waals surface area contributed by atoms with E-state index >= 15 is 0 Å². The number of urea groups is 1. The van der Waals surface area contributed by atoms with Crippen molar-refractivity contribution in [1.82, 2.24) is 5.32 Å². The lowest BCUT2D eigenvalue weighted by atomic mass is 10.1. The van der Waals surface area contributed by atoms with Crippen molar-refractivity contribution in [3.63, 3.8) is 0 Å². The molecule has 20 heavy (non-hydrogen) atoms. The molecule has 6 nitrogen and oxygen atoms in total. The van der Waals surface area contributed by atoms with Crippen LogP contribution in [-0.2, 0) is 14.3 Å². The molecule has 3 amide bonds. The van der Waals surface area contributed by atoms with Crippen molar-refractivity contribution < 1.29 is 19.1 Å². The highest BCUT2D eigenvalue weighted by Gasteiger charge is 2.26. The maximum absolute atomic E-state index is 11.7. The van der Waals surface area contributed by atoms with Gasteiger partial charge in [0.1, 0.15) is 0 Å².